The van der Waals surface area contributed by atoms with Crippen molar-refractivity contribution in [1.29, 1.82) is 0 Å². The summed E-state index contributed by atoms with van der Waals surface area (Å²) >= 11 is 0. The van der Waals surface area contributed by atoms with Gasteiger partial charge >= 0.3 is 6.03 Å². The van der Waals surface area contributed by atoms with Gasteiger partial charge < -0.3 is 20.2 Å². The molecular weight excluding hydrogens is 304 g/mol. The van der Waals surface area contributed by atoms with E-state index in [-0.39, 0.29) is 12.6 Å². The standard InChI is InChI=1S/C19H20N2O3/c1-13-7-3-5-9-15(13)21-18(22)20-12-19(2,23)17-11-14-8-4-6-10-16(14)24-17/h3-11,23H,12H2,1-2H3,(H2,20,21,22). The largest absolute Gasteiger partial charge is 0.458 e. The number of aliphatic hydroxyl groups is 1. The van der Waals surface area contributed by atoms with Gasteiger partial charge in [-0.05, 0) is 37.6 Å². The minimum atomic E-state index is -1.30. The van der Waals surface area contributed by atoms with Gasteiger partial charge in [0, 0.05) is 11.1 Å². The first-order valence-electron chi connectivity index (χ1n) is 7.78. The molecular formula is C19H20N2O3. The number of benzene rings is 2. The third kappa shape index (κ3) is 3.41. The van der Waals surface area contributed by atoms with E-state index in [0.717, 1.165) is 16.6 Å². The number of amides is 2. The summed E-state index contributed by atoms with van der Waals surface area (Å²) in [5, 5.41) is 17.0. The van der Waals surface area contributed by atoms with Gasteiger partial charge in [-0.25, -0.2) is 4.79 Å². The molecule has 3 rings (SSSR count). The van der Waals surface area contributed by atoms with Crippen LogP contribution in [0, 0.1) is 6.92 Å². The fourth-order valence-corrected chi connectivity index (χ4v) is 2.47. The van der Waals surface area contributed by atoms with E-state index in [0.29, 0.717) is 11.3 Å². The van der Waals surface area contributed by atoms with Gasteiger partial charge in [0.2, 0.25) is 0 Å². The van der Waals surface area contributed by atoms with E-state index >= 15 is 0 Å². The molecule has 5 nitrogen and oxygen atoms in total. The van der Waals surface area contributed by atoms with Crippen LogP contribution in [0.5, 0.6) is 0 Å². The Balaban J connectivity index is 1.66. The third-order valence-electron chi connectivity index (χ3n) is 3.94. The van der Waals surface area contributed by atoms with Crippen LogP contribution in [-0.2, 0) is 5.60 Å². The highest BCUT2D eigenvalue weighted by Gasteiger charge is 2.28. The number of urea groups is 1. The minimum Gasteiger partial charge on any atom is -0.458 e. The minimum absolute atomic E-state index is 0.0323. The Kier molecular flexibility index (Phi) is 4.27. The van der Waals surface area contributed by atoms with Gasteiger partial charge in [0.1, 0.15) is 16.9 Å². The number of anilines is 1. The Hall–Kier alpha value is -2.79. The summed E-state index contributed by atoms with van der Waals surface area (Å²) < 4.78 is 5.68. The lowest BCUT2D eigenvalue weighted by atomic mass is 10.0. The van der Waals surface area contributed by atoms with Crippen molar-refractivity contribution >= 4 is 22.7 Å². The van der Waals surface area contributed by atoms with E-state index in [1.165, 1.54) is 0 Å². The van der Waals surface area contributed by atoms with Crippen LogP contribution in [0.15, 0.2) is 59.0 Å². The number of carbonyl (C=O) groups excluding carboxylic acids is 1. The van der Waals surface area contributed by atoms with Crippen molar-refractivity contribution in [1.82, 2.24) is 5.32 Å². The Morgan fingerprint density at radius 1 is 1.17 bits per heavy atom. The first-order chi connectivity index (χ1) is 11.5. The van der Waals surface area contributed by atoms with Crippen molar-refractivity contribution < 1.29 is 14.3 Å². The lowest BCUT2D eigenvalue weighted by Gasteiger charge is -2.21. The van der Waals surface area contributed by atoms with E-state index in [9.17, 15) is 9.90 Å². The van der Waals surface area contributed by atoms with Gasteiger partial charge in [0.25, 0.3) is 0 Å². The second-order valence-electron chi connectivity index (χ2n) is 6.04. The molecule has 0 fully saturated rings. The molecule has 0 saturated carbocycles. The smallest absolute Gasteiger partial charge is 0.319 e. The van der Waals surface area contributed by atoms with Crippen LogP contribution in [-0.4, -0.2) is 17.7 Å². The van der Waals surface area contributed by atoms with Gasteiger partial charge in [-0.2, -0.15) is 0 Å². The van der Waals surface area contributed by atoms with E-state index < -0.39 is 5.60 Å². The van der Waals surface area contributed by atoms with E-state index in [1.54, 1.807) is 13.0 Å². The zero-order valence-electron chi connectivity index (χ0n) is 13.7. The van der Waals surface area contributed by atoms with Crippen molar-refractivity contribution in [2.75, 3.05) is 11.9 Å². The number of nitrogens with one attached hydrogen (secondary N) is 2. The molecule has 0 aliphatic rings. The maximum absolute atomic E-state index is 12.1. The second kappa shape index (κ2) is 6.37. The Labute approximate surface area is 140 Å². The van der Waals surface area contributed by atoms with Gasteiger partial charge in [-0.1, -0.05) is 36.4 Å². The zero-order chi connectivity index (χ0) is 17.2. The van der Waals surface area contributed by atoms with E-state index in [4.69, 9.17) is 4.42 Å². The molecule has 0 radical (unpaired) electrons. The van der Waals surface area contributed by atoms with Gasteiger partial charge in [0.05, 0.1) is 6.54 Å². The average molecular weight is 324 g/mol. The molecule has 1 unspecified atom stereocenters. The maximum Gasteiger partial charge on any atom is 0.319 e. The summed E-state index contributed by atoms with van der Waals surface area (Å²) in [6, 6.07) is 16.5. The molecule has 2 aromatic carbocycles. The number of hydrogen-bond acceptors (Lipinski definition) is 3. The van der Waals surface area contributed by atoms with Crippen LogP contribution in [0.1, 0.15) is 18.2 Å². The molecule has 0 saturated heterocycles. The second-order valence-corrected chi connectivity index (χ2v) is 6.04. The Bertz CT molecular complexity index is 835. The van der Waals surface area contributed by atoms with Crippen LogP contribution in [0.4, 0.5) is 10.5 Å². The van der Waals surface area contributed by atoms with Crippen molar-refractivity contribution in [2.45, 2.75) is 19.4 Å². The number of hydrogen-bond donors (Lipinski definition) is 3. The molecule has 24 heavy (non-hydrogen) atoms. The van der Waals surface area contributed by atoms with Crippen LogP contribution in [0.3, 0.4) is 0 Å². The summed E-state index contributed by atoms with van der Waals surface area (Å²) in [5.74, 6) is 0.417. The molecule has 2 amide bonds. The zero-order valence-corrected chi connectivity index (χ0v) is 13.7. The number of aryl methyl sites for hydroxylation is 1. The fraction of sp³-hybridized carbons (Fsp3) is 0.211. The molecule has 124 valence electrons. The summed E-state index contributed by atoms with van der Waals surface area (Å²) in [6.07, 6.45) is 0. The highest BCUT2D eigenvalue weighted by atomic mass is 16.4. The summed E-state index contributed by atoms with van der Waals surface area (Å²) in [5.41, 5.74) is 1.11. The van der Waals surface area contributed by atoms with Crippen LogP contribution in [0.25, 0.3) is 11.0 Å². The molecule has 5 heteroatoms. The molecule has 1 aromatic heterocycles. The maximum atomic E-state index is 12.1. The Morgan fingerprint density at radius 2 is 1.88 bits per heavy atom. The predicted molar refractivity (Wildman–Crippen MR) is 94.0 cm³/mol. The lowest BCUT2D eigenvalue weighted by Crippen LogP contribution is -2.40. The van der Waals surface area contributed by atoms with Gasteiger partial charge in [0.15, 0.2) is 0 Å². The average Bonchev–Trinajstić information content (AvgIpc) is 3.00. The lowest BCUT2D eigenvalue weighted by molar-refractivity contribution is 0.0388. The predicted octanol–water partition coefficient (Wildman–Crippen LogP) is 3.77. The molecule has 1 heterocycles. The highest BCUT2D eigenvalue weighted by Crippen LogP contribution is 2.27. The fourth-order valence-electron chi connectivity index (χ4n) is 2.47. The first kappa shape index (κ1) is 16.1. The molecule has 0 aliphatic carbocycles. The molecule has 0 spiro atoms. The summed E-state index contributed by atoms with van der Waals surface area (Å²) in [6.45, 7) is 3.56. The first-order valence-corrected chi connectivity index (χ1v) is 7.78. The summed E-state index contributed by atoms with van der Waals surface area (Å²) in [7, 11) is 0. The van der Waals surface area contributed by atoms with Crippen molar-refractivity contribution in [3.05, 3.63) is 65.9 Å². The Morgan fingerprint density at radius 3 is 2.62 bits per heavy atom. The molecule has 3 aromatic rings. The van der Waals surface area contributed by atoms with Crippen LogP contribution in [0.2, 0.25) is 0 Å². The number of rotatable bonds is 4. The van der Waals surface area contributed by atoms with E-state index in [1.807, 2.05) is 55.5 Å². The third-order valence-corrected chi connectivity index (χ3v) is 3.94. The number of carbonyl (C=O) groups is 1. The van der Waals surface area contributed by atoms with Crippen molar-refractivity contribution in [3.8, 4) is 0 Å². The monoisotopic (exact) mass is 324 g/mol. The molecule has 0 aliphatic heterocycles. The van der Waals surface area contributed by atoms with Crippen LogP contribution < -0.4 is 10.6 Å². The van der Waals surface area contributed by atoms with Crippen molar-refractivity contribution in [3.63, 3.8) is 0 Å². The number of para-hydroxylation sites is 2. The molecule has 1 atom stereocenters. The van der Waals surface area contributed by atoms with Gasteiger partial charge in [-0.3, -0.25) is 0 Å². The van der Waals surface area contributed by atoms with Crippen molar-refractivity contribution in [2.24, 2.45) is 0 Å². The normalized spacial score (nSPS) is 13.5. The quantitative estimate of drug-likeness (QED) is 0.684. The van der Waals surface area contributed by atoms with E-state index in [2.05, 4.69) is 10.6 Å². The SMILES string of the molecule is Cc1ccccc1NC(=O)NCC(C)(O)c1cc2ccccc2o1. The highest BCUT2D eigenvalue weighted by molar-refractivity contribution is 5.90. The number of fused-ring (bicyclic) bond motifs is 1. The number of furan rings is 1. The summed E-state index contributed by atoms with van der Waals surface area (Å²) in [4.78, 5) is 12.1. The van der Waals surface area contributed by atoms with Crippen LogP contribution >= 0.6 is 0 Å². The molecule has 0 bridgehead atoms. The topological polar surface area (TPSA) is 74.5 Å². The van der Waals surface area contributed by atoms with Gasteiger partial charge in [-0.15, -0.1) is 0 Å². The molecule has 3 N–H and O–H groups in total.